The van der Waals surface area contributed by atoms with E-state index < -0.39 is 0 Å². The molecule has 0 spiro atoms. The minimum Gasteiger partial charge on any atom is -0.336 e. The molecule has 0 atom stereocenters. The van der Waals surface area contributed by atoms with Crippen LogP contribution in [0.25, 0.3) is 0 Å². The summed E-state index contributed by atoms with van der Waals surface area (Å²) in [5, 5.41) is 0. The van der Waals surface area contributed by atoms with E-state index in [2.05, 4.69) is 0 Å². The van der Waals surface area contributed by atoms with Crippen LogP contribution in [0.1, 0.15) is 21.5 Å². The van der Waals surface area contributed by atoms with Crippen LogP contribution < -0.4 is 4.89 Å². The van der Waals surface area contributed by atoms with E-state index in [1.54, 1.807) is 18.2 Å². The van der Waals surface area contributed by atoms with E-state index in [0.29, 0.717) is 23.5 Å². The van der Waals surface area contributed by atoms with Gasteiger partial charge in [-0.3, -0.25) is 4.79 Å². The molecule has 0 unspecified atom stereocenters. The second-order valence-electron chi connectivity index (χ2n) is 3.87. The highest BCUT2D eigenvalue weighted by Gasteiger charge is 2.16. The molecule has 84 valence electrons. The smallest absolute Gasteiger partial charge is 0.196 e. The molecular formula is C14H10O3. The number of carbonyl (C=O) groups is 1. The summed E-state index contributed by atoms with van der Waals surface area (Å²) in [4.78, 5) is 22.5. The third kappa shape index (κ3) is 1.81. The topological polar surface area (TPSA) is 35.5 Å². The molecule has 0 radical (unpaired) electrons. The highest BCUT2D eigenvalue weighted by atomic mass is 17.2. The van der Waals surface area contributed by atoms with Crippen molar-refractivity contribution >= 4 is 5.78 Å². The van der Waals surface area contributed by atoms with Gasteiger partial charge in [0.05, 0.1) is 5.56 Å². The van der Waals surface area contributed by atoms with E-state index in [4.69, 9.17) is 9.78 Å². The van der Waals surface area contributed by atoms with E-state index in [1.165, 1.54) is 0 Å². The van der Waals surface area contributed by atoms with Crippen molar-refractivity contribution in [3.05, 3.63) is 65.2 Å². The van der Waals surface area contributed by atoms with Crippen LogP contribution in [0.5, 0.6) is 5.75 Å². The van der Waals surface area contributed by atoms with E-state index in [9.17, 15) is 4.79 Å². The van der Waals surface area contributed by atoms with E-state index in [0.717, 1.165) is 5.56 Å². The standard InChI is InChI=1S/C14H10O3/c15-14-11-7-5-10(6-8-11)9-16-17-13-4-2-1-3-12(13)14/h1-8H,9H2. The Morgan fingerprint density at radius 1 is 0.941 bits per heavy atom. The number of carbonyl (C=O) groups excluding carboxylic acids is 1. The molecule has 0 aliphatic carbocycles. The van der Waals surface area contributed by atoms with Crippen molar-refractivity contribution in [2.24, 2.45) is 0 Å². The second kappa shape index (κ2) is 4.03. The fraction of sp³-hybridized carbons (Fsp3) is 0.0714. The van der Waals surface area contributed by atoms with Crippen molar-refractivity contribution in [3.63, 3.8) is 0 Å². The zero-order valence-corrected chi connectivity index (χ0v) is 9.05. The van der Waals surface area contributed by atoms with Gasteiger partial charge in [0.1, 0.15) is 6.61 Å². The summed E-state index contributed by atoms with van der Waals surface area (Å²) in [6.07, 6.45) is 0. The summed E-state index contributed by atoms with van der Waals surface area (Å²) < 4.78 is 0. The fourth-order valence-corrected chi connectivity index (χ4v) is 1.80. The van der Waals surface area contributed by atoms with Crippen LogP contribution in [-0.2, 0) is 11.5 Å². The van der Waals surface area contributed by atoms with Crippen LogP contribution in [0.3, 0.4) is 0 Å². The fourth-order valence-electron chi connectivity index (χ4n) is 1.80. The molecular weight excluding hydrogens is 216 g/mol. The lowest BCUT2D eigenvalue weighted by molar-refractivity contribution is -0.217. The van der Waals surface area contributed by atoms with Crippen molar-refractivity contribution in [2.45, 2.75) is 6.61 Å². The molecule has 2 aromatic carbocycles. The molecule has 0 aromatic heterocycles. The van der Waals surface area contributed by atoms with Crippen molar-refractivity contribution in [1.82, 2.24) is 0 Å². The molecule has 2 aliphatic rings. The summed E-state index contributed by atoms with van der Waals surface area (Å²) in [5.41, 5.74) is 2.15. The third-order valence-electron chi connectivity index (χ3n) is 2.72. The van der Waals surface area contributed by atoms with Crippen LogP contribution in [0.4, 0.5) is 0 Å². The first kappa shape index (κ1) is 10.1. The van der Waals surface area contributed by atoms with Gasteiger partial charge in [0.2, 0.25) is 0 Å². The third-order valence-corrected chi connectivity index (χ3v) is 2.72. The van der Waals surface area contributed by atoms with Gasteiger partial charge in [-0.25, -0.2) is 0 Å². The summed E-state index contributed by atoms with van der Waals surface area (Å²) in [6.45, 7) is 0.364. The van der Waals surface area contributed by atoms with Crippen LogP contribution in [0, 0.1) is 0 Å². The molecule has 2 bridgehead atoms. The average molecular weight is 226 g/mol. The average Bonchev–Trinajstić information content (AvgIpc) is 2.39. The predicted molar refractivity (Wildman–Crippen MR) is 61.7 cm³/mol. The summed E-state index contributed by atoms with van der Waals surface area (Å²) in [6, 6.07) is 14.4. The zero-order chi connectivity index (χ0) is 11.7. The number of hydrogen-bond acceptors (Lipinski definition) is 3. The molecule has 2 aromatic rings. The molecule has 3 heteroatoms. The SMILES string of the molecule is O=C1c2ccc(cc2)COOc2ccccc21. The Morgan fingerprint density at radius 2 is 1.71 bits per heavy atom. The molecule has 2 heterocycles. The van der Waals surface area contributed by atoms with Crippen LogP contribution >= 0.6 is 0 Å². The maximum absolute atomic E-state index is 12.2. The predicted octanol–water partition coefficient (Wildman–Crippen LogP) is 2.74. The Bertz CT molecular complexity index is 558. The Morgan fingerprint density at radius 3 is 2.53 bits per heavy atom. The van der Waals surface area contributed by atoms with E-state index in [-0.39, 0.29) is 5.78 Å². The lowest BCUT2D eigenvalue weighted by Gasteiger charge is -2.12. The van der Waals surface area contributed by atoms with E-state index in [1.807, 2.05) is 30.3 Å². The zero-order valence-electron chi connectivity index (χ0n) is 9.05. The first-order valence-corrected chi connectivity index (χ1v) is 5.37. The molecule has 0 amide bonds. The normalized spacial score (nSPS) is 14.0. The molecule has 0 saturated carbocycles. The molecule has 0 saturated heterocycles. The highest BCUT2D eigenvalue weighted by Crippen LogP contribution is 2.23. The van der Waals surface area contributed by atoms with Gasteiger partial charge in [-0.05, 0) is 17.7 Å². The Labute approximate surface area is 98.5 Å². The van der Waals surface area contributed by atoms with E-state index >= 15 is 0 Å². The van der Waals surface area contributed by atoms with Gasteiger partial charge in [0.25, 0.3) is 0 Å². The number of ketones is 1. The maximum Gasteiger partial charge on any atom is 0.196 e. The van der Waals surface area contributed by atoms with Gasteiger partial charge in [0, 0.05) is 5.56 Å². The monoisotopic (exact) mass is 226 g/mol. The van der Waals surface area contributed by atoms with Crippen molar-refractivity contribution < 1.29 is 14.6 Å². The molecule has 2 aliphatic heterocycles. The molecule has 4 rings (SSSR count). The number of para-hydroxylation sites is 1. The summed E-state index contributed by atoms with van der Waals surface area (Å²) in [7, 11) is 0. The minimum atomic E-state index is -0.0577. The largest absolute Gasteiger partial charge is 0.336 e. The van der Waals surface area contributed by atoms with Crippen molar-refractivity contribution in [2.75, 3.05) is 0 Å². The number of fused-ring (bicyclic) bond motifs is 4. The first-order chi connectivity index (χ1) is 8.34. The van der Waals surface area contributed by atoms with Crippen molar-refractivity contribution in [3.8, 4) is 5.75 Å². The Kier molecular flexibility index (Phi) is 2.38. The lowest BCUT2D eigenvalue weighted by atomic mass is 10.0. The number of hydrogen-bond donors (Lipinski definition) is 0. The van der Waals surface area contributed by atoms with Crippen LogP contribution in [-0.4, -0.2) is 5.78 Å². The van der Waals surface area contributed by atoms with Gasteiger partial charge < -0.3 is 4.89 Å². The van der Waals surface area contributed by atoms with Crippen molar-refractivity contribution in [1.29, 1.82) is 0 Å². The van der Waals surface area contributed by atoms with Gasteiger partial charge in [-0.15, -0.1) is 0 Å². The van der Waals surface area contributed by atoms with Crippen LogP contribution in [0.2, 0.25) is 0 Å². The second-order valence-corrected chi connectivity index (χ2v) is 3.87. The quantitative estimate of drug-likeness (QED) is 0.648. The molecule has 17 heavy (non-hydrogen) atoms. The maximum atomic E-state index is 12.2. The summed E-state index contributed by atoms with van der Waals surface area (Å²) >= 11 is 0. The lowest BCUT2D eigenvalue weighted by Crippen LogP contribution is -2.08. The number of benzene rings is 2. The number of rotatable bonds is 0. The first-order valence-electron chi connectivity index (χ1n) is 5.37. The molecule has 0 fully saturated rings. The van der Waals surface area contributed by atoms with Crippen LogP contribution in [0.15, 0.2) is 48.5 Å². The van der Waals surface area contributed by atoms with Gasteiger partial charge in [-0.1, -0.05) is 36.4 Å². The molecule has 0 N–H and O–H groups in total. The summed E-state index contributed by atoms with van der Waals surface area (Å²) in [5.74, 6) is 0.401. The Balaban J connectivity index is 2.16. The minimum absolute atomic E-state index is 0.0577. The molecule has 3 nitrogen and oxygen atoms in total. The Hall–Kier alpha value is -2.13. The van der Waals surface area contributed by atoms with Gasteiger partial charge in [0.15, 0.2) is 11.5 Å². The van der Waals surface area contributed by atoms with Gasteiger partial charge >= 0.3 is 0 Å². The highest BCUT2D eigenvalue weighted by molar-refractivity contribution is 6.10. The van der Waals surface area contributed by atoms with Gasteiger partial charge in [-0.2, -0.15) is 4.89 Å².